The normalized spacial score (nSPS) is 10.8. The van der Waals surface area contributed by atoms with Crippen molar-refractivity contribution in [1.82, 2.24) is 0 Å². The van der Waals surface area contributed by atoms with Crippen LogP contribution in [-0.2, 0) is 12.8 Å². The number of benzene rings is 4. The predicted molar refractivity (Wildman–Crippen MR) is 130 cm³/mol. The van der Waals surface area contributed by atoms with Crippen LogP contribution >= 0.6 is 0 Å². The molecule has 0 fully saturated rings. The zero-order valence-electron chi connectivity index (χ0n) is 19.3. The molecule has 4 aromatic rings. The van der Waals surface area contributed by atoms with Crippen LogP contribution in [0.25, 0.3) is 10.8 Å². The molecule has 4 rings (SSSR count). The molecule has 0 N–H and O–H groups in total. The highest BCUT2D eigenvalue weighted by molar-refractivity contribution is 5.84. The van der Waals surface area contributed by atoms with Crippen molar-refractivity contribution >= 4 is 10.8 Å². The fourth-order valence-electron chi connectivity index (χ4n) is 3.72. The average molecular weight is 477 g/mol. The molecule has 0 saturated heterocycles. The van der Waals surface area contributed by atoms with E-state index in [9.17, 15) is 17.6 Å². The Morgan fingerprint density at radius 1 is 0.657 bits per heavy atom. The molecule has 0 amide bonds. The zero-order valence-corrected chi connectivity index (χ0v) is 19.3. The summed E-state index contributed by atoms with van der Waals surface area (Å²) >= 11 is 0. The second-order valence-electron chi connectivity index (χ2n) is 8.36. The first-order chi connectivity index (χ1) is 16.9. The lowest BCUT2D eigenvalue weighted by Gasteiger charge is -2.07. The van der Waals surface area contributed by atoms with Gasteiger partial charge in [-0.3, -0.25) is 0 Å². The van der Waals surface area contributed by atoms with Crippen molar-refractivity contribution in [3.8, 4) is 17.6 Å². The van der Waals surface area contributed by atoms with Gasteiger partial charge in [0.1, 0.15) is 17.4 Å². The van der Waals surface area contributed by atoms with Crippen LogP contribution in [0.2, 0.25) is 0 Å². The van der Waals surface area contributed by atoms with Gasteiger partial charge in [0, 0.05) is 5.56 Å². The van der Waals surface area contributed by atoms with E-state index in [1.54, 1.807) is 18.2 Å². The summed E-state index contributed by atoms with van der Waals surface area (Å²) in [7, 11) is 0. The minimum Gasteiger partial charge on any atom is -0.494 e. The van der Waals surface area contributed by atoms with Crippen molar-refractivity contribution in [3.63, 3.8) is 0 Å². The van der Waals surface area contributed by atoms with Crippen molar-refractivity contribution in [2.24, 2.45) is 0 Å². The molecule has 0 saturated carbocycles. The number of hydrogen-bond acceptors (Lipinski definition) is 1. The predicted octanol–water partition coefficient (Wildman–Crippen LogP) is 7.76. The highest BCUT2D eigenvalue weighted by atomic mass is 19.2. The number of halogens is 4. The van der Waals surface area contributed by atoms with Crippen LogP contribution in [0.15, 0.2) is 66.7 Å². The quantitative estimate of drug-likeness (QED) is 0.150. The van der Waals surface area contributed by atoms with E-state index in [1.807, 2.05) is 24.3 Å². The summed E-state index contributed by atoms with van der Waals surface area (Å²) in [5.41, 5.74) is 1.70. The largest absolute Gasteiger partial charge is 0.494 e. The zero-order chi connectivity index (χ0) is 24.8. The molecule has 0 unspecified atom stereocenters. The van der Waals surface area contributed by atoms with E-state index >= 15 is 0 Å². The van der Waals surface area contributed by atoms with Gasteiger partial charge in [-0.2, -0.15) is 0 Å². The average Bonchev–Trinajstić information content (AvgIpc) is 2.84. The Bertz CT molecular complexity index is 1380. The standard InChI is InChI=1S/C30H24F4O/c1-2-3-14-35-25-11-7-20(8-12-25)4-5-22-16-27(31)26(28(32)17-22)13-9-21-6-10-23-18-29(33)30(34)19-24(23)15-21/h6-8,10-12,15-19H,2-5,14H2,1H3. The van der Waals surface area contributed by atoms with Crippen molar-refractivity contribution in [2.75, 3.05) is 6.61 Å². The van der Waals surface area contributed by atoms with Gasteiger partial charge in [0.15, 0.2) is 11.6 Å². The highest BCUT2D eigenvalue weighted by Gasteiger charge is 2.10. The molecule has 178 valence electrons. The first kappa shape index (κ1) is 24.3. The molecular weight excluding hydrogens is 452 g/mol. The SMILES string of the molecule is CCCCOc1ccc(CCc2cc(F)c(C#Cc3ccc4cc(F)c(F)cc4c3)c(F)c2)cc1. The van der Waals surface area contributed by atoms with Gasteiger partial charge in [-0.05, 0) is 89.7 Å². The van der Waals surface area contributed by atoms with Crippen LogP contribution in [0, 0.1) is 35.1 Å². The molecule has 0 heterocycles. The highest BCUT2D eigenvalue weighted by Crippen LogP contribution is 2.21. The number of hydrogen-bond donors (Lipinski definition) is 0. The van der Waals surface area contributed by atoms with Crippen LogP contribution in [0.4, 0.5) is 17.6 Å². The summed E-state index contributed by atoms with van der Waals surface area (Å²) in [6.07, 6.45) is 3.18. The Labute approximate surface area is 202 Å². The number of fused-ring (bicyclic) bond motifs is 1. The molecule has 0 atom stereocenters. The number of ether oxygens (including phenoxy) is 1. The second kappa shape index (κ2) is 11.1. The lowest BCUT2D eigenvalue weighted by Crippen LogP contribution is -1.98. The third-order valence-corrected chi connectivity index (χ3v) is 5.71. The van der Waals surface area contributed by atoms with E-state index in [0.29, 0.717) is 41.3 Å². The fraction of sp³-hybridized carbons (Fsp3) is 0.200. The molecule has 0 bridgehead atoms. The maximum absolute atomic E-state index is 14.6. The summed E-state index contributed by atoms with van der Waals surface area (Å²) in [5, 5.41) is 0.961. The summed E-state index contributed by atoms with van der Waals surface area (Å²) in [5.74, 6) is 2.68. The van der Waals surface area contributed by atoms with Gasteiger partial charge in [0.25, 0.3) is 0 Å². The van der Waals surface area contributed by atoms with Crippen molar-refractivity contribution in [2.45, 2.75) is 32.6 Å². The van der Waals surface area contributed by atoms with E-state index in [4.69, 9.17) is 4.74 Å². The topological polar surface area (TPSA) is 9.23 Å². The van der Waals surface area contributed by atoms with Crippen LogP contribution in [0.5, 0.6) is 5.75 Å². The number of unbranched alkanes of at least 4 members (excludes halogenated alkanes) is 1. The lowest BCUT2D eigenvalue weighted by molar-refractivity contribution is 0.309. The van der Waals surface area contributed by atoms with Gasteiger partial charge in [-0.25, -0.2) is 17.6 Å². The Morgan fingerprint density at radius 3 is 2.00 bits per heavy atom. The first-order valence-electron chi connectivity index (χ1n) is 11.5. The number of aryl methyl sites for hydroxylation is 2. The van der Waals surface area contributed by atoms with Crippen LogP contribution in [0.1, 0.15) is 42.0 Å². The lowest BCUT2D eigenvalue weighted by atomic mass is 10.0. The molecule has 5 heteroatoms. The molecule has 0 aromatic heterocycles. The minimum atomic E-state index is -0.966. The fourth-order valence-corrected chi connectivity index (χ4v) is 3.72. The van der Waals surface area contributed by atoms with Gasteiger partial charge in [-0.15, -0.1) is 0 Å². The van der Waals surface area contributed by atoms with Gasteiger partial charge in [-0.1, -0.05) is 43.4 Å². The smallest absolute Gasteiger partial charge is 0.159 e. The van der Waals surface area contributed by atoms with Crippen LogP contribution < -0.4 is 4.74 Å². The summed E-state index contributed by atoms with van der Waals surface area (Å²) in [6, 6.07) is 17.2. The van der Waals surface area contributed by atoms with Crippen LogP contribution in [-0.4, -0.2) is 6.61 Å². The second-order valence-corrected chi connectivity index (χ2v) is 8.36. The minimum absolute atomic E-state index is 0.326. The van der Waals surface area contributed by atoms with Crippen molar-refractivity contribution in [1.29, 1.82) is 0 Å². The van der Waals surface area contributed by atoms with Gasteiger partial charge in [0.05, 0.1) is 12.2 Å². The summed E-state index contributed by atoms with van der Waals surface area (Å²) in [4.78, 5) is 0. The van der Waals surface area contributed by atoms with Crippen molar-refractivity contribution in [3.05, 3.63) is 112 Å². The molecule has 1 nitrogen and oxygen atoms in total. The third-order valence-electron chi connectivity index (χ3n) is 5.71. The summed E-state index contributed by atoms with van der Waals surface area (Å²) in [6.45, 7) is 2.79. The van der Waals surface area contributed by atoms with E-state index in [0.717, 1.165) is 36.3 Å². The van der Waals surface area contributed by atoms with E-state index in [-0.39, 0.29) is 5.56 Å². The van der Waals surface area contributed by atoms with E-state index < -0.39 is 23.3 Å². The van der Waals surface area contributed by atoms with Gasteiger partial charge in [0.2, 0.25) is 0 Å². The Hall–Kier alpha value is -3.78. The molecular formula is C30H24F4O. The third kappa shape index (κ3) is 6.22. The molecule has 0 aliphatic heterocycles. The Balaban J connectivity index is 1.44. The molecule has 4 aromatic carbocycles. The van der Waals surface area contributed by atoms with Gasteiger partial charge < -0.3 is 4.74 Å². The van der Waals surface area contributed by atoms with Gasteiger partial charge >= 0.3 is 0 Å². The molecule has 0 aliphatic carbocycles. The maximum atomic E-state index is 14.6. The first-order valence-corrected chi connectivity index (χ1v) is 11.5. The van der Waals surface area contributed by atoms with E-state index in [2.05, 4.69) is 18.8 Å². The van der Waals surface area contributed by atoms with E-state index in [1.165, 1.54) is 12.1 Å². The molecule has 0 radical (unpaired) electrons. The monoisotopic (exact) mass is 476 g/mol. The maximum Gasteiger partial charge on any atom is 0.159 e. The summed E-state index contributed by atoms with van der Waals surface area (Å²) < 4.78 is 61.8. The Morgan fingerprint density at radius 2 is 1.31 bits per heavy atom. The van der Waals surface area contributed by atoms with Crippen LogP contribution in [0.3, 0.4) is 0 Å². The number of rotatable bonds is 7. The Kier molecular flexibility index (Phi) is 7.72. The molecule has 0 aliphatic rings. The van der Waals surface area contributed by atoms with Crippen molar-refractivity contribution < 1.29 is 22.3 Å². The molecule has 0 spiro atoms. The molecule has 35 heavy (non-hydrogen) atoms.